The molecule has 0 aliphatic carbocycles. The number of rotatable bonds is 2. The molecule has 1 aromatic rings. The molecule has 2 atom stereocenters. The number of hydrogen-bond acceptors (Lipinski definition) is 1. The summed E-state index contributed by atoms with van der Waals surface area (Å²) in [6.07, 6.45) is 1.41. The Morgan fingerprint density at radius 2 is 2.06 bits per heavy atom. The van der Waals surface area contributed by atoms with Crippen LogP contribution in [0.1, 0.15) is 24.5 Å². The molecule has 2 nitrogen and oxygen atoms in total. The maximum atomic E-state index is 12.2. The summed E-state index contributed by atoms with van der Waals surface area (Å²) in [5, 5.41) is 0.216. The van der Waals surface area contributed by atoms with E-state index in [1.807, 2.05) is 17.0 Å². The van der Waals surface area contributed by atoms with E-state index < -0.39 is 0 Å². The van der Waals surface area contributed by atoms with Gasteiger partial charge in [0.2, 0.25) is 5.91 Å². The van der Waals surface area contributed by atoms with Gasteiger partial charge >= 0.3 is 0 Å². The number of alkyl halides is 1. The first kappa shape index (κ1) is 13.4. The van der Waals surface area contributed by atoms with Crippen molar-refractivity contribution >= 4 is 17.5 Å². The summed E-state index contributed by atoms with van der Waals surface area (Å²) in [5.41, 5.74) is 2.31. The number of halogens is 1. The molecule has 1 amide bonds. The number of piperidine rings is 1. The van der Waals surface area contributed by atoms with Gasteiger partial charge in [-0.2, -0.15) is 0 Å². The monoisotopic (exact) mass is 265 g/mol. The number of nitrogens with zero attached hydrogens (tertiary/aromatic N) is 1. The molecular weight excluding hydrogens is 246 g/mol. The molecule has 2 unspecified atom stereocenters. The van der Waals surface area contributed by atoms with Crippen LogP contribution in [0.4, 0.5) is 0 Å². The molecule has 1 saturated heterocycles. The zero-order valence-electron chi connectivity index (χ0n) is 11.0. The Morgan fingerprint density at radius 3 is 2.67 bits per heavy atom. The normalized spacial score (nSPS) is 24.1. The average Bonchev–Trinajstić information content (AvgIpc) is 2.35. The van der Waals surface area contributed by atoms with E-state index in [2.05, 4.69) is 26.0 Å². The van der Waals surface area contributed by atoms with Gasteiger partial charge in [0.1, 0.15) is 0 Å². The smallest absolute Gasteiger partial charge is 0.226 e. The van der Waals surface area contributed by atoms with Crippen LogP contribution in [0.5, 0.6) is 0 Å². The van der Waals surface area contributed by atoms with E-state index in [9.17, 15) is 4.79 Å². The minimum atomic E-state index is 0.216. The Labute approximate surface area is 114 Å². The van der Waals surface area contributed by atoms with E-state index in [0.717, 1.165) is 25.1 Å². The van der Waals surface area contributed by atoms with Gasteiger partial charge in [-0.15, -0.1) is 11.6 Å². The summed E-state index contributed by atoms with van der Waals surface area (Å²) in [7, 11) is 0. The fraction of sp³-hybridized carbons (Fsp3) is 0.533. The van der Waals surface area contributed by atoms with Crippen molar-refractivity contribution in [3.8, 4) is 0 Å². The molecule has 3 heteroatoms. The van der Waals surface area contributed by atoms with Crippen molar-refractivity contribution in [2.24, 2.45) is 5.92 Å². The fourth-order valence-electron chi connectivity index (χ4n) is 2.34. The Morgan fingerprint density at radius 1 is 1.39 bits per heavy atom. The van der Waals surface area contributed by atoms with Crippen LogP contribution < -0.4 is 0 Å². The highest BCUT2D eigenvalue weighted by molar-refractivity contribution is 6.20. The molecule has 1 aliphatic rings. The first-order chi connectivity index (χ1) is 8.56. The molecule has 1 heterocycles. The van der Waals surface area contributed by atoms with Crippen molar-refractivity contribution in [2.75, 3.05) is 13.1 Å². The third-order valence-electron chi connectivity index (χ3n) is 3.63. The lowest BCUT2D eigenvalue weighted by Crippen LogP contribution is -2.44. The van der Waals surface area contributed by atoms with Crippen molar-refractivity contribution in [3.63, 3.8) is 0 Å². The number of likely N-dealkylation sites (tertiary alicyclic amines) is 1. The minimum Gasteiger partial charge on any atom is -0.342 e. The van der Waals surface area contributed by atoms with Gasteiger partial charge in [-0.05, 0) is 24.8 Å². The number of carbonyl (C=O) groups excluding carboxylic acids is 1. The Bertz CT molecular complexity index is 415. The van der Waals surface area contributed by atoms with Gasteiger partial charge in [0, 0.05) is 18.5 Å². The second-order valence-corrected chi connectivity index (χ2v) is 5.84. The summed E-state index contributed by atoms with van der Waals surface area (Å²) in [5.74, 6) is 0.608. The van der Waals surface area contributed by atoms with Gasteiger partial charge in [0.05, 0.1) is 6.42 Å². The summed E-state index contributed by atoms with van der Waals surface area (Å²) < 4.78 is 0. The van der Waals surface area contributed by atoms with Crippen molar-refractivity contribution in [1.82, 2.24) is 4.90 Å². The first-order valence-corrected chi connectivity index (χ1v) is 6.97. The van der Waals surface area contributed by atoms with Gasteiger partial charge < -0.3 is 4.90 Å². The Hall–Kier alpha value is -1.02. The molecule has 1 fully saturated rings. The molecular formula is C15H20ClNO. The zero-order chi connectivity index (χ0) is 13.1. The highest BCUT2D eigenvalue weighted by atomic mass is 35.5. The molecule has 1 aliphatic heterocycles. The van der Waals surface area contributed by atoms with Gasteiger partial charge in [-0.1, -0.05) is 36.8 Å². The number of amides is 1. The molecule has 98 valence electrons. The van der Waals surface area contributed by atoms with E-state index in [-0.39, 0.29) is 11.3 Å². The SMILES string of the molecule is Cc1ccc(CC(=O)N2CCC(Cl)C(C)C2)cc1. The number of hydrogen-bond donors (Lipinski definition) is 0. The third-order valence-corrected chi connectivity index (χ3v) is 4.28. The molecule has 18 heavy (non-hydrogen) atoms. The van der Waals surface area contributed by atoms with E-state index in [4.69, 9.17) is 11.6 Å². The lowest BCUT2D eigenvalue weighted by Gasteiger charge is -2.34. The zero-order valence-corrected chi connectivity index (χ0v) is 11.8. The Kier molecular flexibility index (Phi) is 4.28. The highest BCUT2D eigenvalue weighted by Gasteiger charge is 2.26. The third kappa shape index (κ3) is 3.26. The standard InChI is InChI=1S/C15H20ClNO/c1-11-3-5-13(6-4-11)9-15(18)17-8-7-14(16)12(2)10-17/h3-6,12,14H,7-10H2,1-2H3. The molecule has 0 radical (unpaired) electrons. The summed E-state index contributed by atoms with van der Waals surface area (Å²) in [4.78, 5) is 14.1. The Balaban J connectivity index is 1.94. The van der Waals surface area contributed by atoms with Gasteiger partial charge in [-0.25, -0.2) is 0 Å². The fourth-order valence-corrected chi connectivity index (χ4v) is 2.51. The molecule has 2 rings (SSSR count). The van der Waals surface area contributed by atoms with Crippen LogP contribution in [0.3, 0.4) is 0 Å². The van der Waals surface area contributed by atoms with Crippen LogP contribution >= 0.6 is 11.6 Å². The quantitative estimate of drug-likeness (QED) is 0.753. The second kappa shape index (κ2) is 5.75. The van der Waals surface area contributed by atoms with Crippen LogP contribution in [0, 0.1) is 12.8 Å². The lowest BCUT2D eigenvalue weighted by molar-refractivity contribution is -0.132. The van der Waals surface area contributed by atoms with E-state index in [0.29, 0.717) is 12.3 Å². The summed E-state index contributed by atoms with van der Waals surface area (Å²) in [6.45, 7) is 5.75. The maximum absolute atomic E-state index is 12.2. The van der Waals surface area contributed by atoms with Crippen molar-refractivity contribution in [2.45, 2.75) is 32.1 Å². The van der Waals surface area contributed by atoms with Crippen molar-refractivity contribution in [1.29, 1.82) is 0 Å². The average molecular weight is 266 g/mol. The predicted molar refractivity (Wildman–Crippen MR) is 74.9 cm³/mol. The molecule has 0 aromatic heterocycles. The predicted octanol–water partition coefficient (Wildman–Crippen LogP) is 3.01. The molecule has 1 aromatic carbocycles. The molecule has 0 bridgehead atoms. The molecule has 0 N–H and O–H groups in total. The minimum absolute atomic E-state index is 0.216. The van der Waals surface area contributed by atoms with E-state index in [1.165, 1.54) is 5.56 Å². The van der Waals surface area contributed by atoms with Crippen LogP contribution in [0.15, 0.2) is 24.3 Å². The van der Waals surface area contributed by atoms with E-state index >= 15 is 0 Å². The molecule has 0 saturated carbocycles. The van der Waals surface area contributed by atoms with Crippen LogP contribution in [0.25, 0.3) is 0 Å². The van der Waals surface area contributed by atoms with Crippen molar-refractivity contribution in [3.05, 3.63) is 35.4 Å². The summed E-state index contributed by atoms with van der Waals surface area (Å²) >= 11 is 6.18. The number of carbonyl (C=O) groups is 1. The number of aryl methyl sites for hydroxylation is 1. The first-order valence-electron chi connectivity index (χ1n) is 6.53. The van der Waals surface area contributed by atoms with Gasteiger partial charge in [0.15, 0.2) is 0 Å². The van der Waals surface area contributed by atoms with Crippen LogP contribution in [0.2, 0.25) is 0 Å². The highest BCUT2D eigenvalue weighted by Crippen LogP contribution is 2.22. The lowest BCUT2D eigenvalue weighted by atomic mass is 9.99. The largest absolute Gasteiger partial charge is 0.342 e. The second-order valence-electron chi connectivity index (χ2n) is 5.28. The van der Waals surface area contributed by atoms with Crippen molar-refractivity contribution < 1.29 is 4.79 Å². The molecule has 0 spiro atoms. The van der Waals surface area contributed by atoms with Crippen LogP contribution in [-0.4, -0.2) is 29.3 Å². The van der Waals surface area contributed by atoms with Gasteiger partial charge in [0.25, 0.3) is 0 Å². The maximum Gasteiger partial charge on any atom is 0.226 e. The number of benzene rings is 1. The summed E-state index contributed by atoms with van der Waals surface area (Å²) in [6, 6.07) is 8.17. The van der Waals surface area contributed by atoms with Gasteiger partial charge in [-0.3, -0.25) is 4.79 Å². The topological polar surface area (TPSA) is 20.3 Å². The van der Waals surface area contributed by atoms with E-state index in [1.54, 1.807) is 0 Å². The van der Waals surface area contributed by atoms with Crippen LogP contribution in [-0.2, 0) is 11.2 Å².